The minimum Gasteiger partial charge on any atom is -0.368 e. The van der Waals surface area contributed by atoms with Gasteiger partial charge in [0, 0.05) is 13.0 Å². The summed E-state index contributed by atoms with van der Waals surface area (Å²) in [5.74, 6) is -0.781. The molecule has 1 aliphatic rings. The first-order valence-corrected chi connectivity index (χ1v) is 6.83. The molecule has 0 unspecified atom stereocenters. The molecule has 1 aromatic rings. The number of nitrogens with one attached hydrogen (secondary N) is 1. The number of carbonyl (C=O) groups is 2. The summed E-state index contributed by atoms with van der Waals surface area (Å²) in [7, 11) is 0. The van der Waals surface area contributed by atoms with Gasteiger partial charge in [0.25, 0.3) is 0 Å². The highest BCUT2D eigenvalue weighted by Gasteiger charge is 2.27. The van der Waals surface area contributed by atoms with Gasteiger partial charge < -0.3 is 15.8 Å². The van der Waals surface area contributed by atoms with Gasteiger partial charge in [-0.15, -0.1) is 0 Å². The quantitative estimate of drug-likeness (QED) is 0.830. The molecule has 5 nitrogen and oxygen atoms in total. The first kappa shape index (κ1) is 14.5. The van der Waals surface area contributed by atoms with Crippen LogP contribution < -0.4 is 11.1 Å². The molecule has 1 saturated heterocycles. The van der Waals surface area contributed by atoms with Crippen LogP contribution in [0, 0.1) is 6.92 Å². The second-order valence-electron chi connectivity index (χ2n) is 5.16. The van der Waals surface area contributed by atoms with Crippen LogP contribution in [0.15, 0.2) is 24.3 Å². The number of hydrogen-bond donors (Lipinski definition) is 2. The van der Waals surface area contributed by atoms with Crippen molar-refractivity contribution in [2.75, 3.05) is 6.61 Å². The molecule has 0 spiro atoms. The van der Waals surface area contributed by atoms with Gasteiger partial charge in [0.05, 0.1) is 0 Å². The molecule has 1 heterocycles. The van der Waals surface area contributed by atoms with Gasteiger partial charge in [-0.05, 0) is 25.3 Å². The van der Waals surface area contributed by atoms with Crippen LogP contribution in [-0.2, 0) is 20.7 Å². The highest BCUT2D eigenvalue weighted by Crippen LogP contribution is 2.13. The van der Waals surface area contributed by atoms with E-state index in [1.807, 2.05) is 31.2 Å². The van der Waals surface area contributed by atoms with Crippen molar-refractivity contribution in [2.24, 2.45) is 5.73 Å². The summed E-state index contributed by atoms with van der Waals surface area (Å²) in [6.07, 6.45) is 1.52. The lowest BCUT2D eigenvalue weighted by atomic mass is 10.0. The standard InChI is InChI=1S/C15H20N2O3/c1-10-4-2-5-11(8-10)9-12(14(16)18)17-15(19)13-6-3-7-20-13/h2,4-5,8,12-13H,3,6-7,9H2,1H3,(H2,16,18)(H,17,19)/t12-,13-/m0/s1. The molecule has 2 amide bonds. The maximum atomic E-state index is 12.0. The topological polar surface area (TPSA) is 81.4 Å². The Morgan fingerprint density at radius 3 is 2.90 bits per heavy atom. The molecule has 0 radical (unpaired) electrons. The molecule has 20 heavy (non-hydrogen) atoms. The summed E-state index contributed by atoms with van der Waals surface area (Å²) in [5.41, 5.74) is 7.46. The second kappa shape index (κ2) is 6.52. The van der Waals surface area contributed by atoms with E-state index in [0.29, 0.717) is 19.4 Å². The van der Waals surface area contributed by atoms with E-state index in [-0.39, 0.29) is 5.91 Å². The Hall–Kier alpha value is -1.88. The van der Waals surface area contributed by atoms with Crippen LogP contribution in [0.5, 0.6) is 0 Å². The fraction of sp³-hybridized carbons (Fsp3) is 0.467. The number of benzene rings is 1. The van der Waals surface area contributed by atoms with E-state index in [1.165, 1.54) is 0 Å². The van der Waals surface area contributed by atoms with Gasteiger partial charge in [-0.3, -0.25) is 9.59 Å². The zero-order valence-electron chi connectivity index (χ0n) is 11.6. The van der Waals surface area contributed by atoms with Gasteiger partial charge in [-0.2, -0.15) is 0 Å². The van der Waals surface area contributed by atoms with Gasteiger partial charge in [0.1, 0.15) is 12.1 Å². The van der Waals surface area contributed by atoms with Crippen molar-refractivity contribution in [1.29, 1.82) is 0 Å². The molecule has 1 aliphatic heterocycles. The third-order valence-corrected chi connectivity index (χ3v) is 3.40. The number of carbonyl (C=O) groups excluding carboxylic acids is 2. The summed E-state index contributed by atoms with van der Waals surface area (Å²) >= 11 is 0. The largest absolute Gasteiger partial charge is 0.368 e. The molecule has 1 fully saturated rings. The number of aryl methyl sites for hydroxylation is 1. The predicted octanol–water partition coefficient (Wildman–Crippen LogP) is 0.687. The van der Waals surface area contributed by atoms with Crippen molar-refractivity contribution in [1.82, 2.24) is 5.32 Å². The van der Waals surface area contributed by atoms with Crippen LogP contribution in [-0.4, -0.2) is 30.6 Å². The third-order valence-electron chi connectivity index (χ3n) is 3.40. The number of ether oxygens (including phenoxy) is 1. The number of amides is 2. The van der Waals surface area contributed by atoms with Crippen LogP contribution in [0.3, 0.4) is 0 Å². The Bertz CT molecular complexity index is 496. The van der Waals surface area contributed by atoms with Crippen molar-refractivity contribution in [3.8, 4) is 0 Å². The molecule has 0 aromatic heterocycles. The lowest BCUT2D eigenvalue weighted by Gasteiger charge is -2.18. The Morgan fingerprint density at radius 1 is 1.50 bits per heavy atom. The average molecular weight is 276 g/mol. The SMILES string of the molecule is Cc1cccc(C[C@H](NC(=O)[C@@H]2CCCO2)C(N)=O)c1. The lowest BCUT2D eigenvalue weighted by molar-refractivity contribution is -0.133. The number of nitrogens with two attached hydrogens (primary N) is 1. The van der Waals surface area contributed by atoms with Crippen LogP contribution in [0.4, 0.5) is 0 Å². The molecule has 0 saturated carbocycles. The van der Waals surface area contributed by atoms with E-state index in [0.717, 1.165) is 17.5 Å². The van der Waals surface area contributed by atoms with Crippen molar-refractivity contribution in [3.05, 3.63) is 35.4 Å². The summed E-state index contributed by atoms with van der Waals surface area (Å²) in [5, 5.41) is 2.69. The minimum atomic E-state index is -0.700. The normalized spacial score (nSPS) is 19.6. The second-order valence-corrected chi connectivity index (χ2v) is 5.16. The van der Waals surface area contributed by atoms with Crippen molar-refractivity contribution in [3.63, 3.8) is 0 Å². The van der Waals surface area contributed by atoms with Gasteiger partial charge >= 0.3 is 0 Å². The molecular weight excluding hydrogens is 256 g/mol. The highest BCUT2D eigenvalue weighted by atomic mass is 16.5. The van der Waals surface area contributed by atoms with Crippen LogP contribution in [0.2, 0.25) is 0 Å². The van der Waals surface area contributed by atoms with Gasteiger partial charge in [0.15, 0.2) is 0 Å². The third kappa shape index (κ3) is 3.81. The molecule has 5 heteroatoms. The monoisotopic (exact) mass is 276 g/mol. The summed E-state index contributed by atoms with van der Waals surface area (Å²) in [6.45, 7) is 2.57. The highest BCUT2D eigenvalue weighted by molar-refractivity contribution is 5.88. The molecule has 3 N–H and O–H groups in total. The Labute approximate surface area is 118 Å². The summed E-state index contributed by atoms with van der Waals surface area (Å²) in [4.78, 5) is 23.5. The van der Waals surface area contributed by atoms with Gasteiger partial charge in [-0.25, -0.2) is 0 Å². The van der Waals surface area contributed by atoms with Gasteiger partial charge in [0.2, 0.25) is 11.8 Å². The van der Waals surface area contributed by atoms with E-state index in [2.05, 4.69) is 5.32 Å². The molecule has 0 aliphatic carbocycles. The summed E-state index contributed by atoms with van der Waals surface area (Å²) in [6, 6.07) is 7.10. The Balaban J connectivity index is 2.00. The van der Waals surface area contributed by atoms with E-state index < -0.39 is 18.1 Å². The van der Waals surface area contributed by atoms with Crippen LogP contribution in [0.25, 0.3) is 0 Å². The van der Waals surface area contributed by atoms with Crippen molar-refractivity contribution < 1.29 is 14.3 Å². The molecule has 108 valence electrons. The van der Waals surface area contributed by atoms with Crippen LogP contribution in [0.1, 0.15) is 24.0 Å². The molecule has 0 bridgehead atoms. The number of hydrogen-bond acceptors (Lipinski definition) is 3. The summed E-state index contributed by atoms with van der Waals surface area (Å²) < 4.78 is 5.30. The first-order valence-electron chi connectivity index (χ1n) is 6.83. The Morgan fingerprint density at radius 2 is 2.30 bits per heavy atom. The van der Waals surface area contributed by atoms with Gasteiger partial charge in [-0.1, -0.05) is 29.8 Å². The number of rotatable bonds is 5. The first-order chi connectivity index (χ1) is 9.56. The smallest absolute Gasteiger partial charge is 0.249 e. The fourth-order valence-corrected chi connectivity index (χ4v) is 2.35. The molecule has 2 atom stereocenters. The zero-order valence-corrected chi connectivity index (χ0v) is 11.6. The predicted molar refractivity (Wildman–Crippen MR) is 75.0 cm³/mol. The van der Waals surface area contributed by atoms with Crippen LogP contribution >= 0.6 is 0 Å². The minimum absolute atomic E-state index is 0.251. The maximum absolute atomic E-state index is 12.0. The molecule has 1 aromatic carbocycles. The fourth-order valence-electron chi connectivity index (χ4n) is 2.35. The van der Waals surface area contributed by atoms with E-state index >= 15 is 0 Å². The van der Waals surface area contributed by atoms with Crippen molar-refractivity contribution in [2.45, 2.75) is 38.3 Å². The van der Waals surface area contributed by atoms with E-state index in [4.69, 9.17) is 10.5 Å². The lowest BCUT2D eigenvalue weighted by Crippen LogP contribution is -2.49. The zero-order chi connectivity index (χ0) is 14.5. The molecule has 2 rings (SSSR count). The Kier molecular flexibility index (Phi) is 4.74. The van der Waals surface area contributed by atoms with E-state index in [1.54, 1.807) is 0 Å². The average Bonchev–Trinajstić information content (AvgIpc) is 2.91. The van der Waals surface area contributed by atoms with E-state index in [9.17, 15) is 9.59 Å². The van der Waals surface area contributed by atoms with Crippen molar-refractivity contribution >= 4 is 11.8 Å². The molecular formula is C15H20N2O3. The maximum Gasteiger partial charge on any atom is 0.249 e. The number of primary amides is 1.